The Morgan fingerprint density at radius 2 is 1.94 bits per heavy atom. The minimum Gasteiger partial charge on any atom is -0.310 e. The first-order valence-corrected chi connectivity index (χ1v) is 7.19. The molecule has 1 saturated carbocycles. The number of rotatable bonds is 4. The van der Waals surface area contributed by atoms with Crippen molar-refractivity contribution in [3.8, 4) is 0 Å². The van der Waals surface area contributed by atoms with Gasteiger partial charge in [-0.15, -0.1) is 0 Å². The highest BCUT2D eigenvalue weighted by atomic mass is 14.9. The molecule has 0 amide bonds. The lowest BCUT2D eigenvalue weighted by molar-refractivity contribution is 0.326. The second-order valence-electron chi connectivity index (χ2n) is 6.10. The van der Waals surface area contributed by atoms with Crippen molar-refractivity contribution in [2.75, 3.05) is 0 Å². The van der Waals surface area contributed by atoms with E-state index in [0.717, 1.165) is 24.3 Å². The van der Waals surface area contributed by atoms with E-state index in [9.17, 15) is 0 Å². The lowest BCUT2D eigenvalue weighted by atomic mass is 9.87. The van der Waals surface area contributed by atoms with Gasteiger partial charge in [0.15, 0.2) is 0 Å². The molecule has 2 aliphatic carbocycles. The Bertz CT molecular complexity index is 431. The molecule has 0 radical (unpaired) electrons. The van der Waals surface area contributed by atoms with Gasteiger partial charge in [-0.2, -0.15) is 0 Å². The largest absolute Gasteiger partial charge is 0.310 e. The maximum Gasteiger partial charge on any atom is 0.0208 e. The van der Waals surface area contributed by atoms with Gasteiger partial charge in [-0.3, -0.25) is 0 Å². The highest BCUT2D eigenvalue weighted by molar-refractivity contribution is 5.21. The van der Waals surface area contributed by atoms with Gasteiger partial charge in [-0.05, 0) is 50.0 Å². The molecule has 2 aliphatic rings. The highest BCUT2D eigenvalue weighted by Crippen LogP contribution is 2.44. The molecule has 0 aromatic heterocycles. The third-order valence-electron chi connectivity index (χ3n) is 4.72. The van der Waals surface area contributed by atoms with Crippen LogP contribution in [0.25, 0.3) is 0 Å². The van der Waals surface area contributed by atoms with Crippen LogP contribution in [0.2, 0.25) is 0 Å². The molecule has 1 nitrogen and oxygen atoms in total. The van der Waals surface area contributed by atoms with Gasteiger partial charge in [0.25, 0.3) is 0 Å². The zero-order valence-electron chi connectivity index (χ0n) is 11.4. The Kier molecular flexibility index (Phi) is 3.25. The predicted octanol–water partition coefficient (Wildman–Crippen LogP) is 3.69. The van der Waals surface area contributed by atoms with Crippen molar-refractivity contribution < 1.29 is 0 Å². The van der Waals surface area contributed by atoms with Gasteiger partial charge in [0.05, 0.1) is 0 Å². The summed E-state index contributed by atoms with van der Waals surface area (Å²) in [7, 11) is 0. The van der Waals surface area contributed by atoms with Crippen molar-refractivity contribution >= 4 is 0 Å². The average molecular weight is 241 g/mol. The SMILES string of the molecule is Cc1ccc(CNC(C)C2CC3C=CC2C3)cc1. The Morgan fingerprint density at radius 3 is 2.56 bits per heavy atom. The zero-order valence-corrected chi connectivity index (χ0v) is 11.4. The lowest BCUT2D eigenvalue weighted by Crippen LogP contribution is -2.35. The van der Waals surface area contributed by atoms with E-state index in [1.54, 1.807) is 0 Å². The monoisotopic (exact) mass is 241 g/mol. The van der Waals surface area contributed by atoms with Gasteiger partial charge in [-0.25, -0.2) is 0 Å². The van der Waals surface area contributed by atoms with Crippen molar-refractivity contribution in [2.24, 2.45) is 17.8 Å². The molecule has 2 bridgehead atoms. The fourth-order valence-electron chi connectivity index (χ4n) is 3.53. The van der Waals surface area contributed by atoms with Gasteiger partial charge < -0.3 is 5.32 Å². The fourth-order valence-corrected chi connectivity index (χ4v) is 3.53. The third-order valence-corrected chi connectivity index (χ3v) is 4.72. The summed E-state index contributed by atoms with van der Waals surface area (Å²) in [5, 5.41) is 3.71. The van der Waals surface area contributed by atoms with Gasteiger partial charge in [0.1, 0.15) is 0 Å². The van der Waals surface area contributed by atoms with E-state index in [2.05, 4.69) is 55.6 Å². The second-order valence-corrected chi connectivity index (χ2v) is 6.10. The van der Waals surface area contributed by atoms with Crippen molar-refractivity contribution in [1.82, 2.24) is 5.32 Å². The molecule has 1 N–H and O–H groups in total. The van der Waals surface area contributed by atoms with Crippen molar-refractivity contribution in [3.05, 3.63) is 47.5 Å². The number of aryl methyl sites for hydroxylation is 1. The van der Waals surface area contributed by atoms with E-state index >= 15 is 0 Å². The molecule has 3 rings (SSSR count). The van der Waals surface area contributed by atoms with Crippen LogP contribution in [0.5, 0.6) is 0 Å². The maximum atomic E-state index is 3.71. The molecule has 1 fully saturated rings. The summed E-state index contributed by atoms with van der Waals surface area (Å²) < 4.78 is 0. The van der Waals surface area contributed by atoms with Gasteiger partial charge in [0, 0.05) is 12.6 Å². The first-order chi connectivity index (χ1) is 8.72. The highest BCUT2D eigenvalue weighted by Gasteiger charge is 2.38. The van der Waals surface area contributed by atoms with Crippen LogP contribution in [-0.2, 0) is 6.54 Å². The molecular weight excluding hydrogens is 218 g/mol. The number of hydrogen-bond donors (Lipinski definition) is 1. The molecule has 0 saturated heterocycles. The predicted molar refractivity (Wildman–Crippen MR) is 76.3 cm³/mol. The summed E-state index contributed by atoms with van der Waals surface area (Å²) in [5.74, 6) is 2.57. The molecular formula is C17H23N. The van der Waals surface area contributed by atoms with Gasteiger partial charge >= 0.3 is 0 Å². The maximum absolute atomic E-state index is 3.71. The van der Waals surface area contributed by atoms with Crippen LogP contribution in [0, 0.1) is 24.7 Å². The minimum absolute atomic E-state index is 0.631. The average Bonchev–Trinajstić information content (AvgIpc) is 3.00. The van der Waals surface area contributed by atoms with Gasteiger partial charge in [0.2, 0.25) is 0 Å². The molecule has 0 spiro atoms. The van der Waals surface area contributed by atoms with E-state index in [4.69, 9.17) is 0 Å². The minimum atomic E-state index is 0.631. The Hall–Kier alpha value is -1.08. The molecule has 4 unspecified atom stereocenters. The van der Waals surface area contributed by atoms with Gasteiger partial charge in [-0.1, -0.05) is 42.0 Å². The van der Waals surface area contributed by atoms with Crippen LogP contribution in [0.3, 0.4) is 0 Å². The smallest absolute Gasteiger partial charge is 0.0208 e. The Morgan fingerprint density at radius 1 is 1.17 bits per heavy atom. The number of nitrogens with one attached hydrogen (secondary N) is 1. The first kappa shape index (κ1) is 12.0. The number of hydrogen-bond acceptors (Lipinski definition) is 1. The standard InChI is InChI=1S/C17H23N/c1-12-3-5-14(6-4-12)11-18-13(2)17-10-15-7-8-16(17)9-15/h3-8,13,15-18H,9-11H2,1-2H3. The molecule has 1 aromatic carbocycles. The summed E-state index contributed by atoms with van der Waals surface area (Å²) in [5.41, 5.74) is 2.73. The second kappa shape index (κ2) is 4.89. The Labute approximate surface area is 110 Å². The first-order valence-electron chi connectivity index (χ1n) is 7.19. The van der Waals surface area contributed by atoms with E-state index in [1.807, 2.05) is 0 Å². The summed E-state index contributed by atoms with van der Waals surface area (Å²) in [6, 6.07) is 9.49. The van der Waals surface area contributed by atoms with Crippen molar-refractivity contribution in [1.29, 1.82) is 0 Å². The summed E-state index contributed by atoms with van der Waals surface area (Å²) in [6.45, 7) is 5.49. The molecule has 96 valence electrons. The lowest BCUT2D eigenvalue weighted by Gasteiger charge is -2.26. The number of allylic oxidation sites excluding steroid dienone is 2. The van der Waals surface area contributed by atoms with Crippen LogP contribution >= 0.6 is 0 Å². The van der Waals surface area contributed by atoms with E-state index in [-0.39, 0.29) is 0 Å². The fraction of sp³-hybridized carbons (Fsp3) is 0.529. The van der Waals surface area contributed by atoms with Crippen molar-refractivity contribution in [3.63, 3.8) is 0 Å². The molecule has 0 aliphatic heterocycles. The topological polar surface area (TPSA) is 12.0 Å². The molecule has 1 aromatic rings. The van der Waals surface area contributed by atoms with Crippen LogP contribution < -0.4 is 5.32 Å². The van der Waals surface area contributed by atoms with Crippen molar-refractivity contribution in [2.45, 2.75) is 39.3 Å². The van der Waals surface area contributed by atoms with E-state index < -0.39 is 0 Å². The van der Waals surface area contributed by atoms with Crippen LogP contribution in [-0.4, -0.2) is 6.04 Å². The van der Waals surface area contributed by atoms with Crippen LogP contribution in [0.4, 0.5) is 0 Å². The number of fused-ring (bicyclic) bond motifs is 2. The summed E-state index contributed by atoms with van der Waals surface area (Å²) in [6.07, 6.45) is 7.67. The molecule has 4 atom stereocenters. The zero-order chi connectivity index (χ0) is 12.5. The van der Waals surface area contributed by atoms with Crippen LogP contribution in [0.1, 0.15) is 30.9 Å². The quantitative estimate of drug-likeness (QED) is 0.793. The summed E-state index contributed by atoms with van der Waals surface area (Å²) >= 11 is 0. The third kappa shape index (κ3) is 2.37. The van der Waals surface area contributed by atoms with Crippen LogP contribution in [0.15, 0.2) is 36.4 Å². The molecule has 0 heterocycles. The van der Waals surface area contributed by atoms with E-state index in [1.165, 1.54) is 24.0 Å². The number of benzene rings is 1. The summed E-state index contributed by atoms with van der Waals surface area (Å²) in [4.78, 5) is 0. The molecule has 1 heteroatoms. The Balaban J connectivity index is 1.54. The van der Waals surface area contributed by atoms with E-state index in [0.29, 0.717) is 6.04 Å². The molecule has 18 heavy (non-hydrogen) atoms. The normalized spacial score (nSPS) is 30.9.